The Bertz CT molecular complexity index is 693. The van der Waals surface area contributed by atoms with Crippen molar-refractivity contribution in [3.05, 3.63) is 53.2 Å². The largest absolute Gasteiger partial charge is 0.448 e. The lowest BCUT2D eigenvalue weighted by atomic mass is 9.87. The van der Waals surface area contributed by atoms with E-state index in [4.69, 9.17) is 9.15 Å². The molecule has 1 saturated heterocycles. The van der Waals surface area contributed by atoms with Crippen LogP contribution in [-0.2, 0) is 11.2 Å². The summed E-state index contributed by atoms with van der Waals surface area (Å²) in [5.41, 5.74) is 2.96. The first kappa shape index (κ1) is 16.7. The molecule has 1 aromatic carbocycles. The summed E-state index contributed by atoms with van der Waals surface area (Å²) in [6, 6.07) is 8.64. The average molecular weight is 328 g/mol. The molecular weight excluding hydrogens is 304 g/mol. The molecule has 0 unspecified atom stereocenters. The van der Waals surface area contributed by atoms with Gasteiger partial charge in [-0.2, -0.15) is 0 Å². The molecule has 24 heavy (non-hydrogen) atoms. The molecule has 2 aromatic rings. The number of aryl methyl sites for hydroxylation is 2. The molecule has 2 heterocycles. The zero-order valence-corrected chi connectivity index (χ0v) is 14.5. The highest BCUT2D eigenvalue weighted by Gasteiger charge is 2.32. The van der Waals surface area contributed by atoms with Crippen molar-refractivity contribution in [3.63, 3.8) is 0 Å². The van der Waals surface area contributed by atoms with E-state index in [-0.39, 0.29) is 12.0 Å². The van der Waals surface area contributed by atoms with Crippen LogP contribution in [-0.4, -0.2) is 42.1 Å². The molecule has 1 aliphatic heterocycles. The lowest BCUT2D eigenvalue weighted by Gasteiger charge is -2.37. The molecule has 5 nitrogen and oxygen atoms in total. The van der Waals surface area contributed by atoms with Crippen molar-refractivity contribution in [2.45, 2.75) is 32.8 Å². The minimum atomic E-state index is -0.0808. The first-order valence-corrected chi connectivity index (χ1v) is 8.36. The summed E-state index contributed by atoms with van der Waals surface area (Å²) in [5.74, 6) is 0.847. The third-order valence-corrected chi connectivity index (χ3v) is 4.74. The number of hydrogen-bond acceptors (Lipinski definition) is 4. The van der Waals surface area contributed by atoms with Crippen molar-refractivity contribution >= 4 is 5.91 Å². The van der Waals surface area contributed by atoms with Gasteiger partial charge in [0.15, 0.2) is 11.6 Å². The van der Waals surface area contributed by atoms with Gasteiger partial charge in [-0.05, 0) is 31.2 Å². The van der Waals surface area contributed by atoms with E-state index in [1.54, 1.807) is 14.0 Å². The summed E-state index contributed by atoms with van der Waals surface area (Å²) in [5, 5.41) is 0. The maximum atomic E-state index is 12.5. The van der Waals surface area contributed by atoms with E-state index in [1.807, 2.05) is 4.90 Å². The highest BCUT2D eigenvalue weighted by atomic mass is 16.5. The van der Waals surface area contributed by atoms with E-state index in [1.165, 1.54) is 17.4 Å². The van der Waals surface area contributed by atoms with E-state index >= 15 is 0 Å². The van der Waals surface area contributed by atoms with Gasteiger partial charge < -0.3 is 14.1 Å². The first-order valence-electron chi connectivity index (χ1n) is 8.36. The Morgan fingerprint density at radius 3 is 2.71 bits per heavy atom. The van der Waals surface area contributed by atoms with Crippen LogP contribution in [0.5, 0.6) is 0 Å². The summed E-state index contributed by atoms with van der Waals surface area (Å²) in [6.45, 7) is 5.15. The lowest BCUT2D eigenvalue weighted by molar-refractivity contribution is -0.00716. The van der Waals surface area contributed by atoms with Crippen LogP contribution in [0.1, 0.15) is 33.9 Å². The topological polar surface area (TPSA) is 55.6 Å². The second kappa shape index (κ2) is 7.18. The van der Waals surface area contributed by atoms with Gasteiger partial charge in [-0.15, -0.1) is 0 Å². The van der Waals surface area contributed by atoms with Gasteiger partial charge in [-0.1, -0.05) is 29.8 Å². The molecule has 0 aliphatic carbocycles. The summed E-state index contributed by atoms with van der Waals surface area (Å²) in [6.07, 6.45) is 3.37. The molecule has 2 atom stereocenters. The van der Waals surface area contributed by atoms with E-state index in [0.717, 1.165) is 19.4 Å². The first-order chi connectivity index (χ1) is 11.6. The Balaban J connectivity index is 1.65. The molecule has 5 heteroatoms. The van der Waals surface area contributed by atoms with Gasteiger partial charge in [0.1, 0.15) is 6.26 Å². The minimum Gasteiger partial charge on any atom is -0.448 e. The van der Waals surface area contributed by atoms with Crippen LogP contribution in [0.3, 0.4) is 0 Å². The van der Waals surface area contributed by atoms with E-state index in [2.05, 4.69) is 36.2 Å². The molecule has 0 spiro atoms. The number of nitrogens with zero attached hydrogens (tertiary/aromatic N) is 2. The standard InChI is InChI=1S/C19H24N2O3/c1-13-4-6-15(7-5-13)10-16-8-9-21(11-18(16)23-3)19(22)17-12-24-14(2)20-17/h4-7,12,16,18H,8-11H2,1-3H3/t16-,18-/m1/s1. The number of carbonyl (C=O) groups is 1. The zero-order valence-electron chi connectivity index (χ0n) is 14.5. The molecule has 128 valence electrons. The number of amides is 1. The molecule has 1 amide bonds. The second-order valence-corrected chi connectivity index (χ2v) is 6.52. The average Bonchev–Trinajstić information content (AvgIpc) is 3.03. The van der Waals surface area contributed by atoms with E-state index < -0.39 is 0 Å². The highest BCUT2D eigenvalue weighted by molar-refractivity contribution is 5.92. The number of aromatic nitrogens is 1. The number of ether oxygens (including phenoxy) is 1. The molecule has 1 aliphatic rings. The van der Waals surface area contributed by atoms with Crippen LogP contribution in [0.2, 0.25) is 0 Å². The summed E-state index contributed by atoms with van der Waals surface area (Å²) in [4.78, 5) is 18.5. The fraction of sp³-hybridized carbons (Fsp3) is 0.474. The van der Waals surface area contributed by atoms with E-state index in [0.29, 0.717) is 24.0 Å². The number of likely N-dealkylation sites (tertiary alicyclic amines) is 1. The van der Waals surface area contributed by atoms with Gasteiger partial charge in [-0.3, -0.25) is 4.79 Å². The number of methoxy groups -OCH3 is 1. The normalized spacial score (nSPS) is 21.0. The minimum absolute atomic E-state index is 0.0389. The summed E-state index contributed by atoms with van der Waals surface area (Å²) in [7, 11) is 1.72. The molecule has 1 fully saturated rings. The fourth-order valence-corrected chi connectivity index (χ4v) is 3.30. The Labute approximate surface area is 142 Å². The lowest BCUT2D eigenvalue weighted by Crippen LogP contribution is -2.48. The van der Waals surface area contributed by atoms with Crippen molar-refractivity contribution in [2.75, 3.05) is 20.2 Å². The number of piperidine rings is 1. The number of rotatable bonds is 4. The summed E-state index contributed by atoms with van der Waals surface area (Å²) >= 11 is 0. The maximum absolute atomic E-state index is 12.5. The Morgan fingerprint density at radius 2 is 2.08 bits per heavy atom. The van der Waals surface area contributed by atoms with Gasteiger partial charge in [0.25, 0.3) is 5.91 Å². The van der Waals surface area contributed by atoms with Crippen molar-refractivity contribution < 1.29 is 13.9 Å². The van der Waals surface area contributed by atoms with Gasteiger partial charge >= 0.3 is 0 Å². The molecule has 0 bridgehead atoms. The van der Waals surface area contributed by atoms with Crippen molar-refractivity contribution in [1.29, 1.82) is 0 Å². The van der Waals surface area contributed by atoms with Crippen LogP contribution in [0.15, 0.2) is 34.9 Å². The molecule has 3 rings (SSSR count). The van der Waals surface area contributed by atoms with Crippen molar-refractivity contribution in [3.8, 4) is 0 Å². The SMILES string of the molecule is CO[C@@H]1CN(C(=O)c2coc(C)n2)CC[C@@H]1Cc1ccc(C)cc1. The second-order valence-electron chi connectivity index (χ2n) is 6.52. The van der Waals surface area contributed by atoms with Gasteiger partial charge in [-0.25, -0.2) is 4.98 Å². The molecule has 0 radical (unpaired) electrons. The van der Waals surface area contributed by atoms with Crippen molar-refractivity contribution in [1.82, 2.24) is 9.88 Å². The Hall–Kier alpha value is -2.14. The van der Waals surface area contributed by atoms with Crippen LogP contribution >= 0.6 is 0 Å². The summed E-state index contributed by atoms with van der Waals surface area (Å²) < 4.78 is 10.8. The van der Waals surface area contributed by atoms with Crippen LogP contribution < -0.4 is 0 Å². The molecule has 0 N–H and O–H groups in total. The monoisotopic (exact) mass is 328 g/mol. The number of carbonyl (C=O) groups excluding carboxylic acids is 1. The van der Waals surface area contributed by atoms with Crippen molar-refractivity contribution in [2.24, 2.45) is 5.92 Å². The zero-order chi connectivity index (χ0) is 17.1. The van der Waals surface area contributed by atoms with Gasteiger partial charge in [0.05, 0.1) is 6.10 Å². The Kier molecular flexibility index (Phi) is 5.00. The number of benzene rings is 1. The van der Waals surface area contributed by atoms with Crippen LogP contribution in [0.4, 0.5) is 0 Å². The fourth-order valence-electron chi connectivity index (χ4n) is 3.30. The predicted molar refractivity (Wildman–Crippen MR) is 90.9 cm³/mol. The Morgan fingerprint density at radius 1 is 1.33 bits per heavy atom. The molecular formula is C19H24N2O3. The van der Waals surface area contributed by atoms with Crippen LogP contribution in [0.25, 0.3) is 0 Å². The smallest absolute Gasteiger partial charge is 0.275 e. The predicted octanol–water partition coefficient (Wildman–Crippen LogP) is 3.01. The van der Waals surface area contributed by atoms with Crippen LogP contribution in [0, 0.1) is 19.8 Å². The quantitative estimate of drug-likeness (QED) is 0.866. The third kappa shape index (κ3) is 3.67. The number of hydrogen-bond donors (Lipinski definition) is 0. The molecule has 1 aromatic heterocycles. The number of oxazole rings is 1. The maximum Gasteiger partial charge on any atom is 0.275 e. The molecule has 0 saturated carbocycles. The highest BCUT2D eigenvalue weighted by Crippen LogP contribution is 2.25. The van der Waals surface area contributed by atoms with E-state index in [9.17, 15) is 4.79 Å². The van der Waals surface area contributed by atoms with Gasteiger partial charge in [0.2, 0.25) is 0 Å². The van der Waals surface area contributed by atoms with Gasteiger partial charge in [0, 0.05) is 27.1 Å². The third-order valence-electron chi connectivity index (χ3n) is 4.74.